The van der Waals surface area contributed by atoms with E-state index in [4.69, 9.17) is 5.26 Å². The van der Waals surface area contributed by atoms with Crippen molar-refractivity contribution in [2.75, 3.05) is 0 Å². The molecule has 0 N–H and O–H groups in total. The van der Waals surface area contributed by atoms with E-state index in [-0.39, 0.29) is 5.92 Å². The second kappa shape index (κ2) is 4.12. The SMILES string of the molecule is N#CC(C=O)C1CCCCC1. The number of hydrogen-bond donors (Lipinski definition) is 0. The largest absolute Gasteiger partial charge is 0.302 e. The first-order chi connectivity index (χ1) is 5.38. The van der Waals surface area contributed by atoms with Gasteiger partial charge in [-0.2, -0.15) is 5.26 Å². The quantitative estimate of drug-likeness (QED) is 0.565. The minimum atomic E-state index is -0.338. The van der Waals surface area contributed by atoms with Crippen LogP contribution in [0.2, 0.25) is 0 Å². The Labute approximate surface area is 67.2 Å². The summed E-state index contributed by atoms with van der Waals surface area (Å²) in [5, 5.41) is 8.60. The van der Waals surface area contributed by atoms with Gasteiger partial charge in [-0.3, -0.25) is 0 Å². The zero-order valence-corrected chi connectivity index (χ0v) is 6.62. The average Bonchev–Trinajstić information content (AvgIpc) is 2.09. The summed E-state index contributed by atoms with van der Waals surface area (Å²) in [5.74, 6) is 0.0153. The third kappa shape index (κ3) is 2.04. The molecule has 0 bridgehead atoms. The first-order valence-electron chi connectivity index (χ1n) is 4.23. The van der Waals surface area contributed by atoms with Crippen LogP contribution in [-0.4, -0.2) is 6.29 Å². The van der Waals surface area contributed by atoms with Crippen molar-refractivity contribution in [3.63, 3.8) is 0 Å². The fourth-order valence-corrected chi connectivity index (χ4v) is 1.74. The molecule has 0 aromatic carbocycles. The molecule has 1 aliphatic rings. The minimum Gasteiger partial charge on any atom is -0.302 e. The molecule has 1 fully saturated rings. The summed E-state index contributed by atoms with van der Waals surface area (Å²) in [6.07, 6.45) is 6.59. The number of nitrogens with zero attached hydrogens (tertiary/aromatic N) is 1. The van der Waals surface area contributed by atoms with Gasteiger partial charge in [-0.25, -0.2) is 0 Å². The van der Waals surface area contributed by atoms with Crippen molar-refractivity contribution in [2.45, 2.75) is 32.1 Å². The second-order valence-electron chi connectivity index (χ2n) is 3.19. The fourth-order valence-electron chi connectivity index (χ4n) is 1.74. The molecule has 1 unspecified atom stereocenters. The Balaban J connectivity index is 2.44. The molecule has 2 nitrogen and oxygen atoms in total. The molecule has 2 heteroatoms. The molecule has 1 aliphatic carbocycles. The lowest BCUT2D eigenvalue weighted by molar-refractivity contribution is -0.111. The number of nitriles is 1. The normalized spacial score (nSPS) is 22.1. The Morgan fingerprint density at radius 2 is 2.00 bits per heavy atom. The maximum atomic E-state index is 10.4. The van der Waals surface area contributed by atoms with E-state index in [2.05, 4.69) is 6.07 Å². The van der Waals surface area contributed by atoms with Gasteiger partial charge in [-0.05, 0) is 18.8 Å². The van der Waals surface area contributed by atoms with Crippen LogP contribution >= 0.6 is 0 Å². The molecule has 0 amide bonds. The van der Waals surface area contributed by atoms with Gasteiger partial charge in [0.1, 0.15) is 12.2 Å². The Morgan fingerprint density at radius 3 is 2.45 bits per heavy atom. The summed E-state index contributed by atoms with van der Waals surface area (Å²) in [6.45, 7) is 0. The summed E-state index contributed by atoms with van der Waals surface area (Å²) in [6, 6.07) is 2.05. The number of rotatable bonds is 2. The summed E-state index contributed by atoms with van der Waals surface area (Å²) in [7, 11) is 0. The molecule has 0 aromatic rings. The smallest absolute Gasteiger partial charge is 0.137 e. The van der Waals surface area contributed by atoms with E-state index < -0.39 is 0 Å². The molecule has 0 spiro atoms. The third-order valence-electron chi connectivity index (χ3n) is 2.45. The van der Waals surface area contributed by atoms with Crippen LogP contribution in [-0.2, 0) is 4.79 Å². The van der Waals surface area contributed by atoms with Gasteiger partial charge in [0.25, 0.3) is 0 Å². The number of hydrogen-bond acceptors (Lipinski definition) is 2. The van der Waals surface area contributed by atoms with Crippen molar-refractivity contribution in [3.05, 3.63) is 0 Å². The van der Waals surface area contributed by atoms with Crippen molar-refractivity contribution in [1.82, 2.24) is 0 Å². The summed E-state index contributed by atoms with van der Waals surface area (Å²) < 4.78 is 0. The van der Waals surface area contributed by atoms with E-state index >= 15 is 0 Å². The molecule has 0 saturated heterocycles. The molecule has 0 aromatic heterocycles. The number of aldehydes is 1. The zero-order valence-electron chi connectivity index (χ0n) is 6.62. The first-order valence-corrected chi connectivity index (χ1v) is 4.23. The molecule has 1 rings (SSSR count). The van der Waals surface area contributed by atoms with Gasteiger partial charge >= 0.3 is 0 Å². The van der Waals surface area contributed by atoms with Crippen LogP contribution in [0.3, 0.4) is 0 Å². The van der Waals surface area contributed by atoms with Crippen molar-refractivity contribution in [1.29, 1.82) is 5.26 Å². The molecule has 60 valence electrons. The molecule has 0 heterocycles. The molecule has 1 saturated carbocycles. The van der Waals surface area contributed by atoms with Gasteiger partial charge in [-0.1, -0.05) is 19.3 Å². The van der Waals surface area contributed by atoms with Gasteiger partial charge in [-0.15, -0.1) is 0 Å². The van der Waals surface area contributed by atoms with Crippen LogP contribution in [0, 0.1) is 23.2 Å². The predicted molar refractivity (Wildman–Crippen MR) is 41.7 cm³/mol. The monoisotopic (exact) mass is 151 g/mol. The standard InChI is InChI=1S/C9H13NO/c10-6-9(7-11)8-4-2-1-3-5-8/h7-9H,1-5H2. The summed E-state index contributed by atoms with van der Waals surface area (Å²) in [5.41, 5.74) is 0. The maximum absolute atomic E-state index is 10.4. The van der Waals surface area contributed by atoms with Gasteiger partial charge in [0.2, 0.25) is 0 Å². The maximum Gasteiger partial charge on any atom is 0.137 e. The highest BCUT2D eigenvalue weighted by atomic mass is 16.1. The fraction of sp³-hybridized carbons (Fsp3) is 0.778. The lowest BCUT2D eigenvalue weighted by Crippen LogP contribution is -2.17. The first kappa shape index (κ1) is 8.26. The van der Waals surface area contributed by atoms with Crippen LogP contribution in [0.25, 0.3) is 0 Å². The van der Waals surface area contributed by atoms with Crippen molar-refractivity contribution in [2.24, 2.45) is 11.8 Å². The van der Waals surface area contributed by atoms with Crippen LogP contribution in [0.1, 0.15) is 32.1 Å². The van der Waals surface area contributed by atoms with E-state index in [1.165, 1.54) is 19.3 Å². The van der Waals surface area contributed by atoms with E-state index in [0.717, 1.165) is 19.1 Å². The molecule has 0 radical (unpaired) electrons. The molecular formula is C9H13NO. The Morgan fingerprint density at radius 1 is 1.36 bits per heavy atom. The van der Waals surface area contributed by atoms with E-state index in [0.29, 0.717) is 5.92 Å². The van der Waals surface area contributed by atoms with Gasteiger partial charge in [0, 0.05) is 0 Å². The van der Waals surface area contributed by atoms with E-state index in [9.17, 15) is 4.79 Å². The second-order valence-corrected chi connectivity index (χ2v) is 3.19. The highest BCUT2D eigenvalue weighted by Gasteiger charge is 2.22. The average molecular weight is 151 g/mol. The highest BCUT2D eigenvalue weighted by Crippen LogP contribution is 2.28. The summed E-state index contributed by atoms with van der Waals surface area (Å²) in [4.78, 5) is 10.4. The Kier molecular flexibility index (Phi) is 3.10. The van der Waals surface area contributed by atoms with Crippen molar-refractivity contribution < 1.29 is 4.79 Å². The van der Waals surface area contributed by atoms with Gasteiger partial charge in [0.15, 0.2) is 0 Å². The molecular weight excluding hydrogens is 138 g/mol. The van der Waals surface area contributed by atoms with E-state index in [1.54, 1.807) is 0 Å². The minimum absolute atomic E-state index is 0.338. The van der Waals surface area contributed by atoms with E-state index in [1.807, 2.05) is 0 Å². The van der Waals surface area contributed by atoms with Crippen LogP contribution in [0.15, 0.2) is 0 Å². The molecule has 11 heavy (non-hydrogen) atoms. The van der Waals surface area contributed by atoms with Crippen molar-refractivity contribution in [3.8, 4) is 6.07 Å². The Hall–Kier alpha value is -0.840. The van der Waals surface area contributed by atoms with Gasteiger partial charge < -0.3 is 4.79 Å². The van der Waals surface area contributed by atoms with Crippen LogP contribution in [0.5, 0.6) is 0 Å². The highest BCUT2D eigenvalue weighted by molar-refractivity contribution is 5.58. The number of carbonyl (C=O) groups excluding carboxylic acids is 1. The lowest BCUT2D eigenvalue weighted by atomic mass is 9.81. The number of carbonyl (C=O) groups is 1. The van der Waals surface area contributed by atoms with Crippen molar-refractivity contribution >= 4 is 6.29 Å². The Bertz CT molecular complexity index is 165. The van der Waals surface area contributed by atoms with Gasteiger partial charge in [0.05, 0.1) is 6.07 Å². The third-order valence-corrected chi connectivity index (χ3v) is 2.45. The topological polar surface area (TPSA) is 40.9 Å². The van der Waals surface area contributed by atoms with Crippen LogP contribution in [0.4, 0.5) is 0 Å². The lowest BCUT2D eigenvalue weighted by Gasteiger charge is -2.22. The predicted octanol–water partition coefficient (Wildman–Crippen LogP) is 1.91. The zero-order chi connectivity index (χ0) is 8.10. The summed E-state index contributed by atoms with van der Waals surface area (Å²) >= 11 is 0. The van der Waals surface area contributed by atoms with Crippen LogP contribution < -0.4 is 0 Å². The molecule has 1 atom stereocenters. The molecule has 0 aliphatic heterocycles.